The lowest BCUT2D eigenvalue weighted by molar-refractivity contribution is -0.134. The van der Waals surface area contributed by atoms with E-state index < -0.39 is 5.82 Å². The highest BCUT2D eigenvalue weighted by Gasteiger charge is 2.11. The van der Waals surface area contributed by atoms with Crippen molar-refractivity contribution >= 4 is 39.4 Å². The number of hydrogen-bond acceptors (Lipinski definition) is 5. The molecule has 1 aromatic heterocycles. The molecule has 36 heavy (non-hydrogen) atoms. The van der Waals surface area contributed by atoms with Crippen molar-refractivity contribution in [3.63, 3.8) is 0 Å². The number of aromatic nitrogens is 1. The summed E-state index contributed by atoms with van der Waals surface area (Å²) >= 11 is 1.02. The number of hydrogen-bond donors (Lipinski definition) is 0. The Balaban J connectivity index is 1.17. The van der Waals surface area contributed by atoms with Gasteiger partial charge in [0.05, 0.1) is 12.1 Å². The standard InChI is InChI=1S/C29H23FN2O3S/c1-31-22-11-9-20(10-12-22)25-15-14-24(19-26(25)30)36-29(34)8-4-2-3-7-28(33)35-23-13-16-27-21(18-23)6-5-17-32-27/h5-6,9-19H,2-4,7-8H2. The van der Waals surface area contributed by atoms with Gasteiger partial charge in [-0.15, -0.1) is 0 Å². The lowest BCUT2D eigenvalue weighted by atomic mass is 10.1. The van der Waals surface area contributed by atoms with E-state index in [1.54, 1.807) is 54.7 Å². The van der Waals surface area contributed by atoms with E-state index in [-0.39, 0.29) is 17.5 Å². The highest BCUT2D eigenvalue weighted by atomic mass is 32.2. The van der Waals surface area contributed by atoms with Crippen LogP contribution < -0.4 is 4.74 Å². The fourth-order valence-electron chi connectivity index (χ4n) is 3.71. The Hall–Kier alpha value is -4.02. The van der Waals surface area contributed by atoms with Crippen molar-refractivity contribution in [1.29, 1.82) is 0 Å². The van der Waals surface area contributed by atoms with Crippen molar-refractivity contribution in [2.45, 2.75) is 37.0 Å². The fraction of sp³-hybridized carbons (Fsp3) is 0.172. The third-order valence-electron chi connectivity index (χ3n) is 5.55. The van der Waals surface area contributed by atoms with E-state index in [4.69, 9.17) is 11.3 Å². The number of benzene rings is 3. The van der Waals surface area contributed by atoms with E-state index in [0.717, 1.165) is 29.1 Å². The lowest BCUT2D eigenvalue weighted by Gasteiger charge is -2.07. The third-order valence-corrected chi connectivity index (χ3v) is 6.47. The van der Waals surface area contributed by atoms with Crippen LogP contribution in [0.1, 0.15) is 32.1 Å². The minimum absolute atomic E-state index is 0.0455. The maximum absolute atomic E-state index is 14.6. The number of ether oxygens (including phenoxy) is 1. The maximum Gasteiger partial charge on any atom is 0.311 e. The van der Waals surface area contributed by atoms with Gasteiger partial charge < -0.3 is 4.74 Å². The van der Waals surface area contributed by atoms with Crippen LogP contribution in [0.25, 0.3) is 26.9 Å². The first-order chi connectivity index (χ1) is 17.5. The molecule has 180 valence electrons. The molecule has 0 bridgehead atoms. The molecule has 4 rings (SSSR count). The Morgan fingerprint density at radius 2 is 1.75 bits per heavy atom. The zero-order valence-electron chi connectivity index (χ0n) is 19.4. The van der Waals surface area contributed by atoms with Crippen LogP contribution in [0.15, 0.2) is 83.9 Å². The molecular formula is C29H23FN2O3S. The van der Waals surface area contributed by atoms with Crippen LogP contribution in [0.2, 0.25) is 0 Å². The molecule has 0 N–H and O–H groups in total. The van der Waals surface area contributed by atoms with Gasteiger partial charge in [-0.3, -0.25) is 14.6 Å². The van der Waals surface area contributed by atoms with Gasteiger partial charge in [-0.1, -0.05) is 54.6 Å². The number of thioether (sulfide) groups is 1. The van der Waals surface area contributed by atoms with Gasteiger partial charge in [0.25, 0.3) is 0 Å². The second-order valence-corrected chi connectivity index (χ2v) is 9.30. The van der Waals surface area contributed by atoms with Gasteiger partial charge in [-0.25, -0.2) is 9.24 Å². The zero-order valence-corrected chi connectivity index (χ0v) is 20.3. The molecule has 0 aliphatic heterocycles. The first-order valence-electron chi connectivity index (χ1n) is 11.6. The van der Waals surface area contributed by atoms with Crippen LogP contribution in [0.4, 0.5) is 10.1 Å². The van der Waals surface area contributed by atoms with Crippen LogP contribution in [-0.4, -0.2) is 16.1 Å². The number of rotatable bonds is 9. The van der Waals surface area contributed by atoms with E-state index in [9.17, 15) is 14.0 Å². The molecule has 0 aliphatic carbocycles. The predicted octanol–water partition coefficient (Wildman–Crippen LogP) is 7.77. The van der Waals surface area contributed by atoms with Gasteiger partial charge in [0.2, 0.25) is 0 Å². The third kappa shape index (κ3) is 6.77. The summed E-state index contributed by atoms with van der Waals surface area (Å²) in [5, 5.41) is 0.861. The average Bonchev–Trinajstić information content (AvgIpc) is 2.88. The molecule has 0 saturated heterocycles. The number of halogens is 1. The molecular weight excluding hydrogens is 475 g/mol. The normalized spacial score (nSPS) is 10.7. The summed E-state index contributed by atoms with van der Waals surface area (Å²) in [4.78, 5) is 32.6. The largest absolute Gasteiger partial charge is 0.427 e. The van der Waals surface area contributed by atoms with E-state index >= 15 is 0 Å². The minimum atomic E-state index is -0.412. The molecule has 0 spiro atoms. The van der Waals surface area contributed by atoms with Gasteiger partial charge in [0.15, 0.2) is 10.8 Å². The van der Waals surface area contributed by atoms with Crippen LogP contribution in [0.5, 0.6) is 5.75 Å². The smallest absolute Gasteiger partial charge is 0.311 e. The summed E-state index contributed by atoms with van der Waals surface area (Å²) in [6.07, 6.45) is 4.33. The summed E-state index contributed by atoms with van der Waals surface area (Å²) < 4.78 is 20.0. The summed E-state index contributed by atoms with van der Waals surface area (Å²) in [7, 11) is 0. The van der Waals surface area contributed by atoms with Crippen LogP contribution in [0.3, 0.4) is 0 Å². The molecule has 0 saturated carbocycles. The predicted molar refractivity (Wildman–Crippen MR) is 139 cm³/mol. The van der Waals surface area contributed by atoms with Crippen molar-refractivity contribution < 1.29 is 18.7 Å². The zero-order chi connectivity index (χ0) is 25.3. The van der Waals surface area contributed by atoms with Crippen molar-refractivity contribution in [1.82, 2.24) is 4.98 Å². The molecule has 4 aromatic rings. The highest BCUT2D eigenvalue weighted by molar-refractivity contribution is 8.13. The maximum atomic E-state index is 14.6. The van der Waals surface area contributed by atoms with Gasteiger partial charge in [0.1, 0.15) is 11.6 Å². The molecule has 1 heterocycles. The minimum Gasteiger partial charge on any atom is -0.427 e. The van der Waals surface area contributed by atoms with E-state index in [0.29, 0.717) is 46.7 Å². The van der Waals surface area contributed by atoms with Gasteiger partial charge in [0, 0.05) is 34.9 Å². The van der Waals surface area contributed by atoms with Crippen molar-refractivity contribution in [3.05, 3.63) is 96.2 Å². The molecule has 0 radical (unpaired) electrons. The summed E-state index contributed by atoms with van der Waals surface area (Å²) in [5.74, 6) is -0.228. The number of carbonyl (C=O) groups excluding carboxylic acids is 2. The van der Waals surface area contributed by atoms with Crippen LogP contribution in [-0.2, 0) is 9.59 Å². The van der Waals surface area contributed by atoms with Crippen molar-refractivity contribution in [3.8, 4) is 16.9 Å². The fourth-order valence-corrected chi connectivity index (χ4v) is 4.51. The number of nitrogens with zero attached hydrogens (tertiary/aromatic N) is 2. The average molecular weight is 499 g/mol. The topological polar surface area (TPSA) is 60.6 Å². The van der Waals surface area contributed by atoms with Gasteiger partial charge in [-0.05, 0) is 54.8 Å². The monoisotopic (exact) mass is 498 g/mol. The first-order valence-corrected chi connectivity index (χ1v) is 12.4. The van der Waals surface area contributed by atoms with Crippen molar-refractivity contribution in [2.75, 3.05) is 0 Å². The molecule has 0 atom stereocenters. The molecule has 5 nitrogen and oxygen atoms in total. The summed E-state index contributed by atoms with van der Waals surface area (Å²) in [6, 6.07) is 20.5. The molecule has 0 fully saturated rings. The Kier molecular flexibility index (Phi) is 8.43. The van der Waals surface area contributed by atoms with Gasteiger partial charge in [-0.2, -0.15) is 0 Å². The number of pyridine rings is 1. The van der Waals surface area contributed by atoms with E-state index in [2.05, 4.69) is 9.83 Å². The molecule has 0 amide bonds. The Morgan fingerprint density at radius 1 is 0.944 bits per heavy atom. The Bertz CT molecular complexity index is 1430. The Morgan fingerprint density at radius 3 is 2.53 bits per heavy atom. The highest BCUT2D eigenvalue weighted by Crippen LogP contribution is 2.30. The SMILES string of the molecule is [C-]#[N+]c1ccc(-c2ccc(SC(=O)CCCCCC(=O)Oc3ccc4ncccc4c3)cc2F)cc1. The molecule has 3 aromatic carbocycles. The lowest BCUT2D eigenvalue weighted by Crippen LogP contribution is -2.07. The van der Waals surface area contributed by atoms with E-state index in [1.807, 2.05) is 18.2 Å². The summed E-state index contributed by atoms with van der Waals surface area (Å²) in [5.41, 5.74) is 2.44. The number of fused-ring (bicyclic) bond motifs is 1. The quantitative estimate of drug-likeness (QED) is 0.0776. The number of esters is 1. The first kappa shape index (κ1) is 25.1. The van der Waals surface area contributed by atoms with Crippen LogP contribution in [0, 0.1) is 12.4 Å². The van der Waals surface area contributed by atoms with E-state index in [1.165, 1.54) is 6.07 Å². The second kappa shape index (κ2) is 12.1. The van der Waals surface area contributed by atoms with Gasteiger partial charge >= 0.3 is 5.97 Å². The molecule has 0 aliphatic rings. The van der Waals surface area contributed by atoms with Crippen LogP contribution >= 0.6 is 11.8 Å². The molecule has 0 unspecified atom stereocenters. The Labute approximate surface area is 213 Å². The van der Waals surface area contributed by atoms with Crippen molar-refractivity contribution in [2.24, 2.45) is 0 Å². The second-order valence-electron chi connectivity index (χ2n) is 8.17. The molecule has 7 heteroatoms. The number of carbonyl (C=O) groups is 2. The summed E-state index contributed by atoms with van der Waals surface area (Å²) in [6.45, 7) is 7.00. The number of unbranched alkanes of at least 4 members (excludes halogenated alkanes) is 2.